The highest BCUT2D eigenvalue weighted by Crippen LogP contribution is 2.29. The molecule has 4 heterocycles. The molecule has 0 aliphatic carbocycles. The van der Waals surface area contributed by atoms with Gasteiger partial charge >= 0.3 is 0 Å². The number of nitrogens with one attached hydrogen (secondary N) is 2. The van der Waals surface area contributed by atoms with Gasteiger partial charge in [-0.2, -0.15) is 11.3 Å². The van der Waals surface area contributed by atoms with Gasteiger partial charge < -0.3 is 9.88 Å². The van der Waals surface area contributed by atoms with Crippen molar-refractivity contribution in [3.63, 3.8) is 0 Å². The number of benzene rings is 1. The monoisotopic (exact) mass is 408 g/mol. The molecule has 0 spiro atoms. The molecule has 0 radical (unpaired) electrons. The number of fused-ring (bicyclic) bond motifs is 2. The predicted molar refractivity (Wildman–Crippen MR) is 111 cm³/mol. The van der Waals surface area contributed by atoms with E-state index in [2.05, 4.69) is 15.3 Å². The Kier molecular flexibility index (Phi) is 4.22. The summed E-state index contributed by atoms with van der Waals surface area (Å²) in [7, 11) is 0. The Morgan fingerprint density at radius 3 is 2.93 bits per heavy atom. The fourth-order valence-corrected chi connectivity index (χ4v) is 5.00. The summed E-state index contributed by atoms with van der Waals surface area (Å²) >= 11 is 2.92. The van der Waals surface area contributed by atoms with Gasteiger partial charge in [-0.25, -0.2) is 4.98 Å². The second-order valence-electron chi connectivity index (χ2n) is 6.60. The van der Waals surface area contributed by atoms with E-state index < -0.39 is 0 Å². The molecule has 0 atom stereocenters. The summed E-state index contributed by atoms with van der Waals surface area (Å²) in [6.07, 6.45) is 0.687. The van der Waals surface area contributed by atoms with Crippen LogP contribution in [-0.2, 0) is 13.0 Å². The van der Waals surface area contributed by atoms with E-state index >= 15 is 0 Å². The molecule has 0 bridgehead atoms. The summed E-state index contributed by atoms with van der Waals surface area (Å²) in [5, 5.41) is 8.15. The average molecular weight is 409 g/mol. The van der Waals surface area contributed by atoms with E-state index in [1.54, 1.807) is 6.07 Å². The first-order valence-electron chi connectivity index (χ1n) is 8.86. The molecule has 8 heteroatoms. The maximum Gasteiger partial charge on any atom is 0.270 e. The number of H-pyrrole nitrogens is 1. The smallest absolute Gasteiger partial charge is 0.270 e. The molecule has 2 N–H and O–H groups in total. The third-order valence-corrected chi connectivity index (χ3v) is 6.46. The van der Waals surface area contributed by atoms with Crippen molar-refractivity contribution in [1.29, 1.82) is 0 Å². The van der Waals surface area contributed by atoms with Crippen LogP contribution in [0.3, 0.4) is 0 Å². The van der Waals surface area contributed by atoms with Crippen LogP contribution in [0, 0.1) is 0 Å². The average Bonchev–Trinajstić information content (AvgIpc) is 3.44. The van der Waals surface area contributed by atoms with E-state index in [4.69, 9.17) is 0 Å². The molecular weight excluding hydrogens is 392 g/mol. The number of thiophene rings is 1. The number of nitrogens with zero attached hydrogens (tertiary/aromatic N) is 2. The number of aromatic amines is 1. The Bertz CT molecular complexity index is 1140. The fraction of sp³-hybridized carbons (Fsp3) is 0.150. The van der Waals surface area contributed by atoms with Crippen LogP contribution in [0.25, 0.3) is 10.9 Å². The van der Waals surface area contributed by atoms with Gasteiger partial charge in [-0.1, -0.05) is 29.5 Å². The summed E-state index contributed by atoms with van der Waals surface area (Å²) in [6, 6.07) is 11.5. The predicted octanol–water partition coefficient (Wildman–Crippen LogP) is 4.14. The topological polar surface area (TPSA) is 78.1 Å². The van der Waals surface area contributed by atoms with Crippen molar-refractivity contribution in [2.45, 2.75) is 13.0 Å². The molecule has 4 aromatic rings. The summed E-state index contributed by atoms with van der Waals surface area (Å²) in [4.78, 5) is 35.8. The van der Waals surface area contributed by atoms with Crippen LogP contribution in [0.1, 0.15) is 31.4 Å². The van der Waals surface area contributed by atoms with E-state index in [-0.39, 0.29) is 11.8 Å². The Morgan fingerprint density at radius 2 is 2.11 bits per heavy atom. The maximum atomic E-state index is 12.9. The molecule has 1 aliphatic rings. The van der Waals surface area contributed by atoms with Crippen LogP contribution in [0.15, 0.2) is 47.2 Å². The van der Waals surface area contributed by atoms with Crippen LogP contribution in [-0.4, -0.2) is 33.2 Å². The number of rotatable bonds is 3. The van der Waals surface area contributed by atoms with Crippen molar-refractivity contribution < 1.29 is 9.59 Å². The van der Waals surface area contributed by atoms with Gasteiger partial charge in [-0.05, 0) is 23.6 Å². The molecule has 3 aromatic heterocycles. The zero-order valence-electron chi connectivity index (χ0n) is 14.8. The first kappa shape index (κ1) is 17.2. The number of thiazole rings is 1. The lowest BCUT2D eigenvalue weighted by atomic mass is 10.1. The molecule has 28 heavy (non-hydrogen) atoms. The number of hydrogen-bond donors (Lipinski definition) is 2. The summed E-state index contributed by atoms with van der Waals surface area (Å²) in [5.74, 6) is -0.169. The lowest BCUT2D eigenvalue weighted by molar-refractivity contribution is 0.0731. The summed E-state index contributed by atoms with van der Waals surface area (Å²) < 4.78 is 0. The van der Waals surface area contributed by atoms with Crippen LogP contribution in [0.5, 0.6) is 0 Å². The number of anilines is 1. The van der Waals surface area contributed by atoms with E-state index in [0.29, 0.717) is 35.9 Å². The van der Waals surface area contributed by atoms with Gasteiger partial charge in [0.05, 0.1) is 17.8 Å². The number of aromatic nitrogens is 2. The molecule has 5 rings (SSSR count). The van der Waals surface area contributed by atoms with Crippen molar-refractivity contribution in [2.75, 3.05) is 11.9 Å². The molecule has 1 aromatic carbocycles. The van der Waals surface area contributed by atoms with Crippen LogP contribution < -0.4 is 5.32 Å². The number of carbonyl (C=O) groups is 2. The number of carbonyl (C=O) groups excluding carboxylic acids is 2. The van der Waals surface area contributed by atoms with Crippen molar-refractivity contribution in [3.8, 4) is 0 Å². The first-order valence-corrected chi connectivity index (χ1v) is 10.6. The molecule has 6 nitrogen and oxygen atoms in total. The van der Waals surface area contributed by atoms with Crippen LogP contribution in [0.2, 0.25) is 0 Å². The summed E-state index contributed by atoms with van der Waals surface area (Å²) in [6.45, 7) is 1.12. The molecular formula is C20H16N4O2S2. The lowest BCUT2D eigenvalue weighted by Crippen LogP contribution is -2.35. The zero-order valence-corrected chi connectivity index (χ0v) is 16.4. The Balaban J connectivity index is 1.33. The van der Waals surface area contributed by atoms with Gasteiger partial charge in [0, 0.05) is 34.1 Å². The molecule has 0 unspecified atom stereocenters. The van der Waals surface area contributed by atoms with Crippen molar-refractivity contribution in [2.24, 2.45) is 0 Å². The normalized spacial score (nSPS) is 13.5. The highest BCUT2D eigenvalue weighted by molar-refractivity contribution is 7.16. The second-order valence-corrected chi connectivity index (χ2v) is 8.47. The Hall–Kier alpha value is -2.97. The number of hydrogen-bond acceptors (Lipinski definition) is 5. The fourth-order valence-electron chi connectivity index (χ4n) is 3.34. The van der Waals surface area contributed by atoms with Gasteiger partial charge in [-0.3, -0.25) is 14.9 Å². The van der Waals surface area contributed by atoms with E-state index in [1.165, 1.54) is 22.7 Å². The third kappa shape index (κ3) is 3.10. The van der Waals surface area contributed by atoms with Crippen LogP contribution in [0.4, 0.5) is 5.13 Å². The minimum atomic E-state index is -0.154. The molecule has 2 amide bonds. The third-order valence-electron chi connectivity index (χ3n) is 4.78. The van der Waals surface area contributed by atoms with Crippen molar-refractivity contribution in [1.82, 2.24) is 14.9 Å². The molecule has 1 aliphatic heterocycles. The maximum absolute atomic E-state index is 12.9. The number of amides is 2. The van der Waals surface area contributed by atoms with Crippen LogP contribution >= 0.6 is 22.7 Å². The first-order chi connectivity index (χ1) is 13.7. The van der Waals surface area contributed by atoms with Gasteiger partial charge in [0.15, 0.2) is 5.13 Å². The van der Waals surface area contributed by atoms with Crippen molar-refractivity contribution >= 4 is 50.5 Å². The lowest BCUT2D eigenvalue weighted by Gasteiger charge is -2.25. The van der Waals surface area contributed by atoms with E-state index in [1.807, 2.05) is 46.0 Å². The standard InChI is InChI=1S/C20H16N4O2S2/c25-18(13-6-8-27-11-13)23-20-22-15-5-7-24(10-17(15)28-20)19(26)16-9-12-3-1-2-4-14(12)21-16/h1-4,6,8-9,11,21H,5,7,10H2,(H,22,23,25). The number of para-hydroxylation sites is 1. The highest BCUT2D eigenvalue weighted by atomic mass is 32.1. The van der Waals surface area contributed by atoms with E-state index in [9.17, 15) is 9.59 Å². The largest absolute Gasteiger partial charge is 0.351 e. The zero-order chi connectivity index (χ0) is 19.1. The Labute approximate surface area is 168 Å². The SMILES string of the molecule is O=C(Nc1nc2c(s1)CN(C(=O)c1cc3ccccc3[nH]1)CC2)c1ccsc1. The van der Waals surface area contributed by atoms with Gasteiger partial charge in [0.2, 0.25) is 0 Å². The molecule has 140 valence electrons. The molecule has 0 saturated carbocycles. The quantitative estimate of drug-likeness (QED) is 0.535. The van der Waals surface area contributed by atoms with Gasteiger partial charge in [0.1, 0.15) is 5.69 Å². The Morgan fingerprint density at radius 1 is 1.21 bits per heavy atom. The highest BCUT2D eigenvalue weighted by Gasteiger charge is 2.26. The molecule has 0 saturated heterocycles. The van der Waals surface area contributed by atoms with Gasteiger partial charge in [0.25, 0.3) is 11.8 Å². The molecule has 0 fully saturated rings. The van der Waals surface area contributed by atoms with E-state index in [0.717, 1.165) is 21.5 Å². The summed E-state index contributed by atoms with van der Waals surface area (Å²) in [5.41, 5.74) is 3.15. The van der Waals surface area contributed by atoms with Gasteiger partial charge in [-0.15, -0.1) is 0 Å². The minimum Gasteiger partial charge on any atom is -0.351 e. The second kappa shape index (κ2) is 6.88. The van der Waals surface area contributed by atoms with Crippen molar-refractivity contribution in [3.05, 3.63) is 69.0 Å². The minimum absolute atomic E-state index is 0.0147.